The zero-order chi connectivity index (χ0) is 20.9. The van der Waals surface area contributed by atoms with E-state index in [1.54, 1.807) is 7.11 Å². The number of carbonyl (C=O) groups excluding carboxylic acids is 1. The molecule has 2 aromatic carbocycles. The third-order valence-corrected chi connectivity index (χ3v) is 5.90. The average molecular weight is 407 g/mol. The molecule has 1 N–H and O–H groups in total. The van der Waals surface area contributed by atoms with Crippen molar-refractivity contribution in [3.05, 3.63) is 65.4 Å². The molecule has 1 aliphatic rings. The van der Waals surface area contributed by atoms with Crippen molar-refractivity contribution in [2.45, 2.75) is 32.2 Å². The van der Waals surface area contributed by atoms with Crippen molar-refractivity contribution in [1.82, 2.24) is 9.88 Å². The Kier molecular flexibility index (Phi) is 6.38. The Morgan fingerprint density at radius 3 is 2.60 bits per heavy atom. The third-order valence-electron chi connectivity index (χ3n) is 5.90. The predicted molar refractivity (Wildman–Crippen MR) is 119 cm³/mol. The van der Waals surface area contributed by atoms with Crippen LogP contribution in [0.25, 0.3) is 10.9 Å². The molecule has 0 bridgehead atoms. The van der Waals surface area contributed by atoms with Crippen molar-refractivity contribution >= 4 is 16.9 Å². The van der Waals surface area contributed by atoms with E-state index >= 15 is 0 Å². The Labute approximate surface area is 178 Å². The Morgan fingerprint density at radius 2 is 1.90 bits per heavy atom. The lowest BCUT2D eigenvalue weighted by Crippen LogP contribution is -2.19. The van der Waals surface area contributed by atoms with Crippen LogP contribution in [-0.2, 0) is 17.7 Å². The van der Waals surface area contributed by atoms with Gasteiger partial charge in [-0.1, -0.05) is 31.0 Å². The Morgan fingerprint density at radius 1 is 1.10 bits per heavy atom. The van der Waals surface area contributed by atoms with Gasteiger partial charge in [0, 0.05) is 23.6 Å². The number of hydrogen-bond donors (Lipinski definition) is 1. The Balaban J connectivity index is 1.59. The molecule has 4 rings (SSSR count). The van der Waals surface area contributed by atoms with Crippen LogP contribution < -0.4 is 10.1 Å². The fraction of sp³-hybridized carbons (Fsp3) is 0.400. The first kappa shape index (κ1) is 20.5. The van der Waals surface area contributed by atoms with Crippen molar-refractivity contribution in [3.63, 3.8) is 0 Å². The van der Waals surface area contributed by atoms with Crippen LogP contribution in [0.4, 0.5) is 0 Å². The molecule has 5 heteroatoms. The van der Waals surface area contributed by atoms with E-state index in [0.717, 1.165) is 48.6 Å². The van der Waals surface area contributed by atoms with E-state index in [-0.39, 0.29) is 5.97 Å². The average Bonchev–Trinajstić information content (AvgIpc) is 3.55. The van der Waals surface area contributed by atoms with Gasteiger partial charge in [0.2, 0.25) is 0 Å². The highest BCUT2D eigenvalue weighted by Crippen LogP contribution is 2.31. The number of carbonyl (C=O) groups is 1. The van der Waals surface area contributed by atoms with Gasteiger partial charge in [-0.15, -0.1) is 0 Å². The molecule has 0 atom stereocenters. The SMILES string of the molecule is COC(=O)c1cccc2c1c(CCNCCC1CC1)cn2Cc1ccc(OC)cc1. The summed E-state index contributed by atoms with van der Waals surface area (Å²) in [5, 5.41) is 4.57. The number of benzene rings is 2. The fourth-order valence-electron chi connectivity index (χ4n) is 4.03. The first-order chi connectivity index (χ1) is 14.7. The minimum absolute atomic E-state index is 0.286. The lowest BCUT2D eigenvalue weighted by atomic mass is 10.0. The molecular formula is C25H30N2O3. The van der Waals surface area contributed by atoms with Crippen LogP contribution in [0.1, 0.15) is 40.7 Å². The van der Waals surface area contributed by atoms with E-state index in [4.69, 9.17) is 9.47 Å². The van der Waals surface area contributed by atoms with Crippen LogP contribution >= 0.6 is 0 Å². The summed E-state index contributed by atoms with van der Waals surface area (Å²) in [5.41, 5.74) is 4.06. The van der Waals surface area contributed by atoms with Gasteiger partial charge in [-0.3, -0.25) is 0 Å². The normalized spacial score (nSPS) is 13.5. The second kappa shape index (κ2) is 9.35. The molecule has 1 heterocycles. The van der Waals surface area contributed by atoms with Crippen molar-refractivity contribution in [2.75, 3.05) is 27.3 Å². The number of nitrogens with one attached hydrogen (secondary N) is 1. The fourth-order valence-corrected chi connectivity index (χ4v) is 4.03. The van der Waals surface area contributed by atoms with Crippen LogP contribution in [0, 0.1) is 5.92 Å². The summed E-state index contributed by atoms with van der Waals surface area (Å²) in [4.78, 5) is 12.4. The number of hydrogen-bond acceptors (Lipinski definition) is 4. The second-order valence-electron chi connectivity index (χ2n) is 8.05. The van der Waals surface area contributed by atoms with Gasteiger partial charge in [0.15, 0.2) is 0 Å². The van der Waals surface area contributed by atoms with E-state index in [9.17, 15) is 4.79 Å². The maximum atomic E-state index is 12.4. The summed E-state index contributed by atoms with van der Waals surface area (Å²) < 4.78 is 12.5. The number of aromatic nitrogens is 1. The van der Waals surface area contributed by atoms with Crippen LogP contribution in [0.2, 0.25) is 0 Å². The summed E-state index contributed by atoms with van der Waals surface area (Å²) in [7, 11) is 3.11. The predicted octanol–water partition coefficient (Wildman–Crippen LogP) is 4.42. The van der Waals surface area contributed by atoms with E-state index in [2.05, 4.69) is 34.3 Å². The van der Waals surface area contributed by atoms with Crippen molar-refractivity contribution in [3.8, 4) is 5.75 Å². The molecule has 3 aromatic rings. The molecule has 1 fully saturated rings. The summed E-state index contributed by atoms with van der Waals surface area (Å²) in [6, 6.07) is 14.0. The molecule has 30 heavy (non-hydrogen) atoms. The number of nitrogens with zero attached hydrogens (tertiary/aromatic N) is 1. The lowest BCUT2D eigenvalue weighted by molar-refractivity contribution is 0.0603. The molecule has 0 spiro atoms. The van der Waals surface area contributed by atoms with Crippen molar-refractivity contribution in [1.29, 1.82) is 0 Å². The topological polar surface area (TPSA) is 52.5 Å². The molecule has 1 aromatic heterocycles. The van der Waals surface area contributed by atoms with Gasteiger partial charge in [-0.2, -0.15) is 0 Å². The molecule has 0 unspecified atom stereocenters. The minimum Gasteiger partial charge on any atom is -0.497 e. The molecule has 1 saturated carbocycles. The number of ether oxygens (including phenoxy) is 2. The van der Waals surface area contributed by atoms with Crippen molar-refractivity contribution in [2.24, 2.45) is 5.92 Å². The summed E-state index contributed by atoms with van der Waals surface area (Å²) >= 11 is 0. The Bertz CT molecular complexity index is 1000. The summed E-state index contributed by atoms with van der Waals surface area (Å²) in [6.45, 7) is 2.71. The molecule has 5 nitrogen and oxygen atoms in total. The molecular weight excluding hydrogens is 376 g/mol. The number of esters is 1. The first-order valence-corrected chi connectivity index (χ1v) is 10.7. The number of methoxy groups -OCH3 is 2. The van der Waals surface area contributed by atoms with Gasteiger partial charge in [-0.25, -0.2) is 4.79 Å². The van der Waals surface area contributed by atoms with Gasteiger partial charge < -0.3 is 19.4 Å². The standard InChI is InChI=1S/C25H30N2O3/c1-29-21-10-8-19(9-11-21)16-27-17-20(13-15-26-14-12-18-6-7-18)24-22(25(28)30-2)4-3-5-23(24)27/h3-5,8-11,17-18,26H,6-7,12-16H2,1-2H3. The van der Waals surface area contributed by atoms with Crippen LogP contribution in [0.3, 0.4) is 0 Å². The minimum atomic E-state index is -0.286. The zero-order valence-electron chi connectivity index (χ0n) is 17.8. The Hall–Kier alpha value is -2.79. The largest absolute Gasteiger partial charge is 0.497 e. The van der Waals surface area contributed by atoms with E-state index in [1.807, 2.05) is 24.3 Å². The smallest absolute Gasteiger partial charge is 0.338 e. The van der Waals surface area contributed by atoms with E-state index in [0.29, 0.717) is 5.56 Å². The van der Waals surface area contributed by atoms with E-state index < -0.39 is 0 Å². The van der Waals surface area contributed by atoms with Crippen LogP contribution in [0.15, 0.2) is 48.7 Å². The molecule has 0 amide bonds. The quantitative estimate of drug-likeness (QED) is 0.400. The van der Waals surface area contributed by atoms with Gasteiger partial charge in [0.1, 0.15) is 5.75 Å². The van der Waals surface area contributed by atoms with E-state index in [1.165, 1.54) is 37.5 Å². The lowest BCUT2D eigenvalue weighted by Gasteiger charge is -2.08. The molecule has 158 valence electrons. The molecule has 0 radical (unpaired) electrons. The van der Waals surface area contributed by atoms with Gasteiger partial charge in [-0.05, 0) is 67.2 Å². The third kappa shape index (κ3) is 4.68. The zero-order valence-corrected chi connectivity index (χ0v) is 17.8. The molecule has 0 aliphatic heterocycles. The second-order valence-corrected chi connectivity index (χ2v) is 8.05. The highest BCUT2D eigenvalue weighted by Gasteiger charge is 2.20. The molecule has 0 saturated heterocycles. The monoisotopic (exact) mass is 406 g/mol. The molecule has 1 aliphatic carbocycles. The summed E-state index contributed by atoms with van der Waals surface area (Å²) in [5.74, 6) is 1.50. The highest BCUT2D eigenvalue weighted by molar-refractivity contribution is 6.05. The van der Waals surface area contributed by atoms with Gasteiger partial charge >= 0.3 is 5.97 Å². The van der Waals surface area contributed by atoms with Crippen LogP contribution in [0.5, 0.6) is 5.75 Å². The number of fused-ring (bicyclic) bond motifs is 1. The van der Waals surface area contributed by atoms with Gasteiger partial charge in [0.05, 0.1) is 19.8 Å². The van der Waals surface area contributed by atoms with Crippen LogP contribution in [-0.4, -0.2) is 37.8 Å². The van der Waals surface area contributed by atoms with Gasteiger partial charge in [0.25, 0.3) is 0 Å². The maximum Gasteiger partial charge on any atom is 0.338 e. The first-order valence-electron chi connectivity index (χ1n) is 10.7. The van der Waals surface area contributed by atoms with Crippen molar-refractivity contribution < 1.29 is 14.3 Å². The highest BCUT2D eigenvalue weighted by atomic mass is 16.5. The maximum absolute atomic E-state index is 12.4. The number of rotatable bonds is 10. The summed E-state index contributed by atoms with van der Waals surface area (Å²) in [6.07, 6.45) is 7.12.